The molecule has 0 atom stereocenters. The van der Waals surface area contributed by atoms with Gasteiger partial charge in [-0.2, -0.15) is 0 Å². The molecule has 0 aromatic heterocycles. The van der Waals surface area contributed by atoms with E-state index in [1.807, 2.05) is 23.1 Å². The van der Waals surface area contributed by atoms with Crippen LogP contribution in [0.25, 0.3) is 0 Å². The van der Waals surface area contributed by atoms with E-state index in [1.54, 1.807) is 0 Å². The molecule has 2 aliphatic heterocycles. The Labute approximate surface area is 138 Å². The number of rotatable bonds is 2. The minimum Gasteiger partial charge on any atom is -0.399 e. The maximum atomic E-state index is 12.5. The summed E-state index contributed by atoms with van der Waals surface area (Å²) < 4.78 is 0. The lowest BCUT2D eigenvalue weighted by atomic mass is 9.92. The van der Waals surface area contributed by atoms with Crippen LogP contribution in [0, 0.1) is 0 Å². The summed E-state index contributed by atoms with van der Waals surface area (Å²) in [6, 6.07) is 7.04. The van der Waals surface area contributed by atoms with Gasteiger partial charge in [0.15, 0.2) is 0 Å². The topological polar surface area (TPSA) is 49.6 Å². The van der Waals surface area contributed by atoms with E-state index in [1.165, 1.54) is 32.1 Å². The number of nitrogens with zero attached hydrogens (tertiary/aromatic N) is 2. The van der Waals surface area contributed by atoms with Gasteiger partial charge in [0, 0.05) is 36.5 Å². The molecule has 4 heteroatoms. The van der Waals surface area contributed by atoms with Gasteiger partial charge < -0.3 is 15.5 Å². The molecule has 23 heavy (non-hydrogen) atoms. The number of carbonyl (C=O) groups excluding carboxylic acids is 1. The van der Waals surface area contributed by atoms with Gasteiger partial charge in [0.1, 0.15) is 0 Å². The van der Waals surface area contributed by atoms with Crippen LogP contribution < -0.4 is 10.6 Å². The summed E-state index contributed by atoms with van der Waals surface area (Å²) in [5.41, 5.74) is 8.89. The Bertz CT molecular complexity index is 586. The number of benzene rings is 1. The molecule has 0 unspecified atom stereocenters. The minimum absolute atomic E-state index is 0.252. The van der Waals surface area contributed by atoms with Crippen molar-refractivity contribution < 1.29 is 4.79 Å². The van der Waals surface area contributed by atoms with Crippen molar-refractivity contribution >= 4 is 17.3 Å². The van der Waals surface area contributed by atoms with Gasteiger partial charge in [-0.3, -0.25) is 4.79 Å². The highest BCUT2D eigenvalue weighted by molar-refractivity contribution is 6.02. The van der Waals surface area contributed by atoms with Crippen LogP contribution >= 0.6 is 0 Å². The Morgan fingerprint density at radius 1 is 0.957 bits per heavy atom. The number of piperidine rings is 1. The van der Waals surface area contributed by atoms with E-state index in [2.05, 4.69) is 4.90 Å². The molecule has 1 saturated heterocycles. The van der Waals surface area contributed by atoms with Crippen LogP contribution in [0.2, 0.25) is 0 Å². The number of nitrogen functional groups attached to an aromatic ring is 1. The summed E-state index contributed by atoms with van der Waals surface area (Å²) in [5, 5.41) is 0. The van der Waals surface area contributed by atoms with E-state index in [0.717, 1.165) is 48.9 Å². The number of hydrogen-bond acceptors (Lipinski definition) is 3. The molecule has 4 rings (SSSR count). The molecule has 0 spiro atoms. The van der Waals surface area contributed by atoms with Gasteiger partial charge in [0.05, 0.1) is 6.42 Å². The van der Waals surface area contributed by atoms with E-state index in [-0.39, 0.29) is 5.91 Å². The van der Waals surface area contributed by atoms with E-state index >= 15 is 0 Å². The minimum atomic E-state index is 0.252. The summed E-state index contributed by atoms with van der Waals surface area (Å²) in [4.78, 5) is 17.2. The Hall–Kier alpha value is -1.55. The van der Waals surface area contributed by atoms with Gasteiger partial charge >= 0.3 is 0 Å². The van der Waals surface area contributed by atoms with E-state index in [0.29, 0.717) is 12.5 Å². The van der Waals surface area contributed by atoms with Gasteiger partial charge in [-0.1, -0.05) is 25.3 Å². The molecule has 0 bridgehead atoms. The molecule has 1 saturated carbocycles. The average molecular weight is 313 g/mol. The molecule has 1 aromatic rings. The normalized spacial score (nSPS) is 24.2. The van der Waals surface area contributed by atoms with Crippen LogP contribution in [0.5, 0.6) is 0 Å². The molecule has 1 amide bonds. The molecule has 2 N–H and O–H groups in total. The predicted molar refractivity (Wildman–Crippen MR) is 93.5 cm³/mol. The Morgan fingerprint density at radius 3 is 2.43 bits per heavy atom. The molecule has 1 aliphatic carbocycles. The average Bonchev–Trinajstić information content (AvgIpc) is 2.91. The van der Waals surface area contributed by atoms with E-state index < -0.39 is 0 Å². The SMILES string of the molecule is Nc1ccc2c(c1)N(C1CCN(C3CCCCC3)CC1)C(=O)C2. The number of nitrogens with two attached hydrogens (primary N) is 1. The Kier molecular flexibility index (Phi) is 4.02. The highest BCUT2D eigenvalue weighted by Gasteiger charge is 2.36. The summed E-state index contributed by atoms with van der Waals surface area (Å²) >= 11 is 0. The van der Waals surface area contributed by atoms with Crippen molar-refractivity contribution in [1.82, 2.24) is 4.90 Å². The summed E-state index contributed by atoms with van der Waals surface area (Å²) in [6.45, 7) is 2.27. The molecule has 2 fully saturated rings. The standard InChI is InChI=1S/C19H27N3O/c20-15-7-6-14-12-19(23)22(18(14)13-15)17-8-10-21(11-9-17)16-4-2-1-3-5-16/h6-7,13,16-17H,1-5,8-12,20H2. The first kappa shape index (κ1) is 15.0. The summed E-state index contributed by atoms with van der Waals surface area (Å²) in [6.07, 6.45) is 9.65. The molecule has 3 aliphatic rings. The highest BCUT2D eigenvalue weighted by Crippen LogP contribution is 2.35. The lowest BCUT2D eigenvalue weighted by molar-refractivity contribution is -0.118. The van der Waals surface area contributed by atoms with Crippen molar-refractivity contribution in [3.05, 3.63) is 23.8 Å². The molecule has 124 valence electrons. The smallest absolute Gasteiger partial charge is 0.231 e. The van der Waals surface area contributed by atoms with Crippen molar-refractivity contribution in [2.75, 3.05) is 23.7 Å². The number of anilines is 2. The molecule has 2 heterocycles. The monoisotopic (exact) mass is 313 g/mol. The van der Waals surface area contributed by atoms with Crippen molar-refractivity contribution in [3.8, 4) is 0 Å². The van der Waals surface area contributed by atoms with Crippen LogP contribution in [-0.2, 0) is 11.2 Å². The van der Waals surface area contributed by atoms with E-state index in [9.17, 15) is 4.79 Å². The maximum Gasteiger partial charge on any atom is 0.231 e. The number of fused-ring (bicyclic) bond motifs is 1. The Morgan fingerprint density at radius 2 is 1.70 bits per heavy atom. The fraction of sp³-hybridized carbons (Fsp3) is 0.632. The van der Waals surface area contributed by atoms with Crippen LogP contribution in [-0.4, -0.2) is 36.0 Å². The summed E-state index contributed by atoms with van der Waals surface area (Å²) in [5.74, 6) is 0.252. The number of amides is 1. The first-order valence-electron chi connectivity index (χ1n) is 9.17. The van der Waals surface area contributed by atoms with Crippen LogP contribution in [0.1, 0.15) is 50.5 Å². The van der Waals surface area contributed by atoms with Crippen LogP contribution in [0.3, 0.4) is 0 Å². The number of carbonyl (C=O) groups is 1. The van der Waals surface area contributed by atoms with Gasteiger partial charge in [-0.25, -0.2) is 0 Å². The highest BCUT2D eigenvalue weighted by atomic mass is 16.2. The zero-order valence-corrected chi connectivity index (χ0v) is 13.8. The zero-order chi connectivity index (χ0) is 15.8. The molecule has 0 radical (unpaired) electrons. The van der Waals surface area contributed by atoms with Crippen molar-refractivity contribution in [2.24, 2.45) is 0 Å². The summed E-state index contributed by atoms with van der Waals surface area (Å²) in [7, 11) is 0. The first-order chi connectivity index (χ1) is 11.2. The lowest BCUT2D eigenvalue weighted by Crippen LogP contribution is -2.49. The fourth-order valence-electron chi connectivity index (χ4n) is 4.69. The third-order valence-electron chi connectivity index (χ3n) is 5.93. The van der Waals surface area contributed by atoms with Gasteiger partial charge in [-0.15, -0.1) is 0 Å². The fourth-order valence-corrected chi connectivity index (χ4v) is 4.69. The lowest BCUT2D eigenvalue weighted by Gasteiger charge is -2.41. The second-order valence-corrected chi connectivity index (χ2v) is 7.39. The molecular formula is C19H27N3O. The van der Waals surface area contributed by atoms with Crippen molar-refractivity contribution in [2.45, 2.75) is 63.5 Å². The first-order valence-corrected chi connectivity index (χ1v) is 9.17. The van der Waals surface area contributed by atoms with E-state index in [4.69, 9.17) is 5.73 Å². The zero-order valence-electron chi connectivity index (χ0n) is 13.8. The maximum absolute atomic E-state index is 12.5. The third-order valence-corrected chi connectivity index (χ3v) is 5.93. The quantitative estimate of drug-likeness (QED) is 0.854. The van der Waals surface area contributed by atoms with Gasteiger partial charge in [0.25, 0.3) is 0 Å². The second-order valence-electron chi connectivity index (χ2n) is 7.39. The molecule has 1 aromatic carbocycles. The third kappa shape index (κ3) is 2.85. The predicted octanol–water partition coefficient (Wildman–Crippen LogP) is 2.96. The van der Waals surface area contributed by atoms with Crippen LogP contribution in [0.15, 0.2) is 18.2 Å². The largest absolute Gasteiger partial charge is 0.399 e. The molecule has 4 nitrogen and oxygen atoms in total. The Balaban J connectivity index is 1.44. The van der Waals surface area contributed by atoms with Gasteiger partial charge in [-0.05, 0) is 43.4 Å². The van der Waals surface area contributed by atoms with Crippen molar-refractivity contribution in [3.63, 3.8) is 0 Å². The second kappa shape index (κ2) is 6.16. The molecular weight excluding hydrogens is 286 g/mol. The van der Waals surface area contributed by atoms with Crippen LogP contribution in [0.4, 0.5) is 11.4 Å². The number of likely N-dealkylation sites (tertiary alicyclic amines) is 1. The number of hydrogen-bond donors (Lipinski definition) is 1. The van der Waals surface area contributed by atoms with Gasteiger partial charge in [0.2, 0.25) is 5.91 Å². The van der Waals surface area contributed by atoms with Crippen molar-refractivity contribution in [1.29, 1.82) is 0 Å².